The number of fused-ring (bicyclic) bond motifs is 1. The molecule has 0 aliphatic carbocycles. The predicted molar refractivity (Wildman–Crippen MR) is 99.6 cm³/mol. The summed E-state index contributed by atoms with van der Waals surface area (Å²) in [5, 5.41) is 3.12. The number of aliphatic imine (C=N–C) groups is 2. The number of rotatable bonds is 1. The van der Waals surface area contributed by atoms with E-state index in [0.717, 1.165) is 35.5 Å². The minimum Gasteiger partial charge on any atom is -0.370 e. The maximum absolute atomic E-state index is 6.01. The van der Waals surface area contributed by atoms with Gasteiger partial charge in [0.1, 0.15) is 0 Å². The molecule has 0 fully saturated rings. The first kappa shape index (κ1) is 15.2. The lowest BCUT2D eigenvalue weighted by Crippen LogP contribution is -2.50. The normalized spacial score (nSPS) is 19.9. The Balaban J connectivity index is 1.61. The SMILES string of the molecule is NC1=NC(c2cccc(Br)c2)N=C(N2CCc3ccccc3C2)N1. The Bertz CT molecular complexity index is 830. The molecular formula is C18H18BrN5. The van der Waals surface area contributed by atoms with Gasteiger partial charge in [-0.15, -0.1) is 0 Å². The van der Waals surface area contributed by atoms with Crippen molar-refractivity contribution in [3.63, 3.8) is 0 Å². The molecule has 0 bridgehead atoms. The number of nitrogens with two attached hydrogens (primary N) is 1. The van der Waals surface area contributed by atoms with Crippen LogP contribution in [0.4, 0.5) is 0 Å². The van der Waals surface area contributed by atoms with E-state index in [0.29, 0.717) is 5.96 Å². The van der Waals surface area contributed by atoms with Crippen LogP contribution in [0.25, 0.3) is 0 Å². The Labute approximate surface area is 149 Å². The lowest BCUT2D eigenvalue weighted by molar-refractivity contribution is 0.380. The molecule has 24 heavy (non-hydrogen) atoms. The molecule has 0 aromatic heterocycles. The first-order valence-corrected chi connectivity index (χ1v) is 8.73. The molecule has 4 rings (SSSR count). The molecule has 1 atom stereocenters. The lowest BCUT2D eigenvalue weighted by Gasteiger charge is -2.33. The minimum atomic E-state index is -0.309. The summed E-state index contributed by atoms with van der Waals surface area (Å²) in [5.41, 5.74) is 9.78. The Hall–Kier alpha value is -2.34. The van der Waals surface area contributed by atoms with E-state index in [1.807, 2.05) is 24.3 Å². The van der Waals surface area contributed by atoms with Gasteiger partial charge in [-0.05, 0) is 35.2 Å². The molecule has 1 unspecified atom stereocenters. The Morgan fingerprint density at radius 2 is 1.92 bits per heavy atom. The number of hydrogen-bond acceptors (Lipinski definition) is 5. The molecule has 2 aromatic rings. The van der Waals surface area contributed by atoms with E-state index in [2.05, 4.69) is 55.4 Å². The summed E-state index contributed by atoms with van der Waals surface area (Å²) in [6.45, 7) is 1.75. The summed E-state index contributed by atoms with van der Waals surface area (Å²) < 4.78 is 1.01. The minimum absolute atomic E-state index is 0.309. The zero-order valence-corrected chi connectivity index (χ0v) is 14.7. The number of hydrogen-bond donors (Lipinski definition) is 2. The zero-order chi connectivity index (χ0) is 16.5. The van der Waals surface area contributed by atoms with Gasteiger partial charge in [0, 0.05) is 17.6 Å². The molecule has 6 heteroatoms. The monoisotopic (exact) mass is 383 g/mol. The van der Waals surface area contributed by atoms with Gasteiger partial charge in [-0.1, -0.05) is 52.3 Å². The summed E-state index contributed by atoms with van der Waals surface area (Å²) >= 11 is 3.50. The van der Waals surface area contributed by atoms with Crippen LogP contribution < -0.4 is 11.1 Å². The van der Waals surface area contributed by atoms with Gasteiger partial charge in [0.2, 0.25) is 5.96 Å². The van der Waals surface area contributed by atoms with Gasteiger partial charge in [-0.25, -0.2) is 9.98 Å². The van der Waals surface area contributed by atoms with Crippen LogP contribution in [0.15, 0.2) is 63.0 Å². The average Bonchev–Trinajstić information content (AvgIpc) is 2.61. The number of nitrogens with one attached hydrogen (secondary N) is 1. The van der Waals surface area contributed by atoms with Crippen molar-refractivity contribution in [2.45, 2.75) is 19.1 Å². The molecule has 2 aromatic carbocycles. The van der Waals surface area contributed by atoms with Crippen molar-refractivity contribution >= 4 is 27.8 Å². The number of guanidine groups is 2. The van der Waals surface area contributed by atoms with Crippen molar-refractivity contribution in [1.29, 1.82) is 0 Å². The smallest absolute Gasteiger partial charge is 0.203 e. The highest BCUT2D eigenvalue weighted by Crippen LogP contribution is 2.25. The van der Waals surface area contributed by atoms with Crippen molar-refractivity contribution in [3.05, 3.63) is 69.7 Å². The van der Waals surface area contributed by atoms with Crippen molar-refractivity contribution in [2.75, 3.05) is 6.54 Å². The molecule has 0 saturated heterocycles. The van der Waals surface area contributed by atoms with Crippen LogP contribution in [0, 0.1) is 0 Å². The van der Waals surface area contributed by atoms with Crippen molar-refractivity contribution < 1.29 is 0 Å². The summed E-state index contributed by atoms with van der Waals surface area (Å²) in [7, 11) is 0. The molecule has 3 N–H and O–H groups in total. The lowest BCUT2D eigenvalue weighted by atomic mass is 10.0. The van der Waals surface area contributed by atoms with Crippen LogP contribution in [0.3, 0.4) is 0 Å². The highest BCUT2D eigenvalue weighted by Gasteiger charge is 2.24. The Morgan fingerprint density at radius 1 is 1.08 bits per heavy atom. The maximum atomic E-state index is 6.01. The van der Waals surface area contributed by atoms with Crippen LogP contribution in [0.1, 0.15) is 22.9 Å². The third kappa shape index (κ3) is 3.01. The van der Waals surface area contributed by atoms with Gasteiger partial charge in [-0.2, -0.15) is 0 Å². The van der Waals surface area contributed by atoms with Crippen LogP contribution in [0.5, 0.6) is 0 Å². The fourth-order valence-electron chi connectivity index (χ4n) is 3.11. The van der Waals surface area contributed by atoms with Gasteiger partial charge >= 0.3 is 0 Å². The molecule has 0 spiro atoms. The van der Waals surface area contributed by atoms with E-state index in [-0.39, 0.29) is 6.17 Å². The second-order valence-electron chi connectivity index (χ2n) is 5.96. The first-order chi connectivity index (χ1) is 11.7. The first-order valence-electron chi connectivity index (χ1n) is 7.94. The average molecular weight is 384 g/mol. The fourth-order valence-corrected chi connectivity index (χ4v) is 3.53. The number of halogens is 1. The van der Waals surface area contributed by atoms with Crippen LogP contribution >= 0.6 is 15.9 Å². The van der Waals surface area contributed by atoms with Crippen LogP contribution in [-0.4, -0.2) is 23.4 Å². The number of nitrogens with zero attached hydrogens (tertiary/aromatic N) is 3. The molecule has 2 aliphatic rings. The Morgan fingerprint density at radius 3 is 2.75 bits per heavy atom. The predicted octanol–water partition coefficient (Wildman–Crippen LogP) is 2.78. The third-order valence-corrected chi connectivity index (χ3v) is 4.82. The molecule has 2 heterocycles. The molecule has 5 nitrogen and oxygen atoms in total. The largest absolute Gasteiger partial charge is 0.370 e. The van der Waals surface area contributed by atoms with Crippen LogP contribution in [0.2, 0.25) is 0 Å². The second-order valence-corrected chi connectivity index (χ2v) is 6.88. The second kappa shape index (κ2) is 6.28. The topological polar surface area (TPSA) is 66.0 Å². The quantitative estimate of drug-likeness (QED) is 0.795. The van der Waals surface area contributed by atoms with Gasteiger partial charge < -0.3 is 10.6 Å². The fraction of sp³-hybridized carbons (Fsp3) is 0.222. The van der Waals surface area contributed by atoms with E-state index in [4.69, 9.17) is 10.7 Å². The standard InChI is InChI=1S/C18H18BrN5/c19-15-7-3-6-13(10-15)16-21-17(20)23-18(22-16)24-9-8-12-4-1-2-5-14(12)11-24/h1-7,10,16H,8-9,11H2,(H3,20,21,22,23). The van der Waals surface area contributed by atoms with Gasteiger partial charge in [-0.3, -0.25) is 5.32 Å². The summed E-state index contributed by atoms with van der Waals surface area (Å²) in [6.07, 6.45) is 0.700. The third-order valence-electron chi connectivity index (χ3n) is 4.32. The summed E-state index contributed by atoms with van der Waals surface area (Å²) in [5.74, 6) is 1.20. The molecule has 0 amide bonds. The molecule has 0 radical (unpaired) electrons. The van der Waals surface area contributed by atoms with E-state index >= 15 is 0 Å². The van der Waals surface area contributed by atoms with Crippen molar-refractivity contribution in [2.24, 2.45) is 15.7 Å². The van der Waals surface area contributed by atoms with Gasteiger partial charge in [0.25, 0.3) is 0 Å². The number of benzene rings is 2. The maximum Gasteiger partial charge on any atom is 0.203 e. The van der Waals surface area contributed by atoms with Crippen LogP contribution in [-0.2, 0) is 13.0 Å². The molecule has 2 aliphatic heterocycles. The Kier molecular flexibility index (Phi) is 3.98. The highest BCUT2D eigenvalue weighted by atomic mass is 79.9. The van der Waals surface area contributed by atoms with Gasteiger partial charge in [0.05, 0.1) is 0 Å². The molecule has 122 valence electrons. The van der Waals surface area contributed by atoms with E-state index in [1.54, 1.807) is 0 Å². The van der Waals surface area contributed by atoms with Gasteiger partial charge in [0.15, 0.2) is 12.1 Å². The molecule has 0 saturated carbocycles. The van der Waals surface area contributed by atoms with E-state index in [1.165, 1.54) is 11.1 Å². The van der Waals surface area contributed by atoms with Crippen molar-refractivity contribution in [3.8, 4) is 0 Å². The molecular weight excluding hydrogens is 366 g/mol. The summed E-state index contributed by atoms with van der Waals surface area (Å²) in [6, 6.07) is 16.6. The zero-order valence-electron chi connectivity index (χ0n) is 13.1. The van der Waals surface area contributed by atoms with E-state index < -0.39 is 0 Å². The summed E-state index contributed by atoms with van der Waals surface area (Å²) in [4.78, 5) is 11.4. The van der Waals surface area contributed by atoms with Crippen molar-refractivity contribution in [1.82, 2.24) is 10.2 Å². The van der Waals surface area contributed by atoms with E-state index in [9.17, 15) is 0 Å². The highest BCUT2D eigenvalue weighted by molar-refractivity contribution is 9.10.